The Bertz CT molecular complexity index is 408. The molecule has 1 saturated heterocycles. The van der Waals surface area contributed by atoms with Gasteiger partial charge in [0, 0.05) is 13.7 Å². The normalized spacial score (nSPS) is 21.0. The number of hydrogen-bond acceptors (Lipinski definition) is 6. The number of hydrogen-bond donors (Lipinski definition) is 1. The summed E-state index contributed by atoms with van der Waals surface area (Å²) >= 11 is 0. The van der Waals surface area contributed by atoms with Crippen LogP contribution < -0.4 is 0 Å². The van der Waals surface area contributed by atoms with Gasteiger partial charge in [-0.1, -0.05) is 12.1 Å². The van der Waals surface area contributed by atoms with Crippen molar-refractivity contribution in [1.29, 1.82) is 0 Å². The predicted octanol–water partition coefficient (Wildman–Crippen LogP) is 1.76. The molecule has 2 heterocycles. The average molecular weight is 283 g/mol. The lowest BCUT2D eigenvalue weighted by Crippen LogP contribution is -2.41. The maximum atomic E-state index is 9.54. The molecular formula is C14H25N3O3. The molecule has 20 heavy (non-hydrogen) atoms. The van der Waals surface area contributed by atoms with Crippen LogP contribution in [0.15, 0.2) is 4.52 Å². The fourth-order valence-electron chi connectivity index (χ4n) is 2.60. The van der Waals surface area contributed by atoms with Gasteiger partial charge in [-0.25, -0.2) is 0 Å². The molecule has 0 bridgehead atoms. The van der Waals surface area contributed by atoms with Crippen molar-refractivity contribution in [2.45, 2.75) is 45.8 Å². The van der Waals surface area contributed by atoms with Gasteiger partial charge >= 0.3 is 0 Å². The summed E-state index contributed by atoms with van der Waals surface area (Å²) in [5.41, 5.74) is 0.112. The Morgan fingerprint density at radius 2 is 2.15 bits per heavy atom. The van der Waals surface area contributed by atoms with E-state index in [2.05, 4.69) is 22.0 Å². The van der Waals surface area contributed by atoms with Crippen LogP contribution in [0.3, 0.4) is 0 Å². The van der Waals surface area contributed by atoms with Gasteiger partial charge in [-0.3, -0.25) is 4.90 Å². The summed E-state index contributed by atoms with van der Waals surface area (Å²) in [7, 11) is 1.63. The minimum Gasteiger partial charge on any atom is -0.396 e. The lowest BCUT2D eigenvalue weighted by atomic mass is 9.77. The van der Waals surface area contributed by atoms with E-state index in [0.29, 0.717) is 18.3 Å². The van der Waals surface area contributed by atoms with Gasteiger partial charge in [0.15, 0.2) is 5.82 Å². The molecule has 0 spiro atoms. The molecule has 1 aliphatic rings. The second-order valence-corrected chi connectivity index (χ2v) is 5.71. The molecule has 1 aliphatic heterocycles. The highest BCUT2D eigenvalue weighted by molar-refractivity contribution is 4.91. The fraction of sp³-hybridized carbons (Fsp3) is 0.857. The molecule has 1 unspecified atom stereocenters. The maximum Gasteiger partial charge on any atom is 0.240 e. The third-order valence-electron chi connectivity index (χ3n) is 4.56. The molecule has 0 radical (unpaired) electrons. The van der Waals surface area contributed by atoms with Gasteiger partial charge in [0.1, 0.15) is 6.10 Å². The van der Waals surface area contributed by atoms with E-state index in [1.165, 1.54) is 0 Å². The van der Waals surface area contributed by atoms with Crippen LogP contribution in [0.4, 0.5) is 0 Å². The number of rotatable bonds is 6. The highest BCUT2D eigenvalue weighted by Crippen LogP contribution is 2.34. The smallest absolute Gasteiger partial charge is 0.240 e. The molecule has 0 saturated carbocycles. The quantitative estimate of drug-likeness (QED) is 0.857. The van der Waals surface area contributed by atoms with Crippen LogP contribution in [0.1, 0.15) is 50.9 Å². The Morgan fingerprint density at radius 3 is 2.70 bits per heavy atom. The summed E-state index contributed by atoms with van der Waals surface area (Å²) in [6.07, 6.45) is 2.94. The Balaban J connectivity index is 1.88. The lowest BCUT2D eigenvalue weighted by Gasteiger charge is -2.39. The van der Waals surface area contributed by atoms with E-state index in [1.54, 1.807) is 7.11 Å². The Labute approximate surface area is 120 Å². The van der Waals surface area contributed by atoms with Gasteiger partial charge in [0.2, 0.25) is 5.89 Å². The van der Waals surface area contributed by atoms with Crippen molar-refractivity contribution < 1.29 is 14.4 Å². The highest BCUT2D eigenvalue weighted by Gasteiger charge is 2.32. The minimum absolute atomic E-state index is 0.112. The van der Waals surface area contributed by atoms with Gasteiger partial charge < -0.3 is 14.4 Å². The first kappa shape index (κ1) is 15.4. The molecule has 1 aromatic heterocycles. The van der Waals surface area contributed by atoms with E-state index >= 15 is 0 Å². The SMILES string of the molecule is CCC1(CO)CCN(Cc2nc(C(C)OC)no2)CC1. The van der Waals surface area contributed by atoms with Gasteiger partial charge in [-0.15, -0.1) is 0 Å². The van der Waals surface area contributed by atoms with Crippen LogP contribution in [-0.2, 0) is 11.3 Å². The highest BCUT2D eigenvalue weighted by atomic mass is 16.5. The van der Waals surface area contributed by atoms with E-state index in [-0.39, 0.29) is 18.1 Å². The van der Waals surface area contributed by atoms with Crippen LogP contribution in [0.25, 0.3) is 0 Å². The molecule has 1 atom stereocenters. The van der Waals surface area contributed by atoms with Crippen LogP contribution in [0.2, 0.25) is 0 Å². The van der Waals surface area contributed by atoms with Gasteiger partial charge in [-0.05, 0) is 44.7 Å². The molecule has 2 rings (SSSR count). The molecule has 0 aromatic carbocycles. The summed E-state index contributed by atoms with van der Waals surface area (Å²) in [6.45, 7) is 6.94. The third-order valence-corrected chi connectivity index (χ3v) is 4.56. The third kappa shape index (κ3) is 3.37. The zero-order valence-electron chi connectivity index (χ0n) is 12.6. The van der Waals surface area contributed by atoms with Crippen molar-refractivity contribution in [3.63, 3.8) is 0 Å². The van der Waals surface area contributed by atoms with Crippen molar-refractivity contribution >= 4 is 0 Å². The van der Waals surface area contributed by atoms with Crippen LogP contribution >= 0.6 is 0 Å². The first-order valence-corrected chi connectivity index (χ1v) is 7.31. The van der Waals surface area contributed by atoms with Crippen molar-refractivity contribution in [1.82, 2.24) is 15.0 Å². The van der Waals surface area contributed by atoms with Gasteiger partial charge in [-0.2, -0.15) is 4.98 Å². The number of aliphatic hydroxyl groups excluding tert-OH is 1. The monoisotopic (exact) mass is 283 g/mol. The molecule has 1 fully saturated rings. The van der Waals surface area contributed by atoms with Crippen molar-refractivity contribution in [2.24, 2.45) is 5.41 Å². The first-order chi connectivity index (χ1) is 9.62. The van der Waals surface area contributed by atoms with Gasteiger partial charge in [0.25, 0.3) is 0 Å². The number of methoxy groups -OCH3 is 1. The minimum atomic E-state index is -0.143. The molecule has 1 N–H and O–H groups in total. The molecular weight excluding hydrogens is 258 g/mol. The summed E-state index contributed by atoms with van der Waals surface area (Å²) in [4.78, 5) is 6.66. The number of aromatic nitrogens is 2. The Hall–Kier alpha value is -0.980. The average Bonchev–Trinajstić information content (AvgIpc) is 2.96. The number of aliphatic hydroxyl groups is 1. The maximum absolute atomic E-state index is 9.54. The largest absolute Gasteiger partial charge is 0.396 e. The van der Waals surface area contributed by atoms with Crippen LogP contribution in [-0.4, -0.2) is 47.0 Å². The van der Waals surface area contributed by atoms with Crippen molar-refractivity contribution in [3.05, 3.63) is 11.7 Å². The molecule has 114 valence electrons. The van der Waals surface area contributed by atoms with Crippen molar-refractivity contribution in [3.8, 4) is 0 Å². The standard InChI is InChI=1S/C14H25N3O3/c1-4-14(10-18)5-7-17(8-6-14)9-12-15-13(16-20-12)11(2)19-3/h11,18H,4-10H2,1-3H3. The molecule has 1 aromatic rings. The molecule has 6 heteroatoms. The topological polar surface area (TPSA) is 71.6 Å². The number of piperidine rings is 1. The van der Waals surface area contributed by atoms with Crippen LogP contribution in [0.5, 0.6) is 0 Å². The summed E-state index contributed by atoms with van der Waals surface area (Å²) in [5, 5.41) is 13.5. The van der Waals surface area contributed by atoms with E-state index in [9.17, 15) is 5.11 Å². The van der Waals surface area contributed by atoms with E-state index in [0.717, 1.165) is 32.4 Å². The Morgan fingerprint density at radius 1 is 1.45 bits per heavy atom. The predicted molar refractivity (Wildman–Crippen MR) is 74.0 cm³/mol. The lowest BCUT2D eigenvalue weighted by molar-refractivity contribution is 0.0348. The first-order valence-electron chi connectivity index (χ1n) is 7.31. The zero-order valence-corrected chi connectivity index (χ0v) is 12.6. The second kappa shape index (κ2) is 6.65. The molecule has 0 amide bonds. The van der Waals surface area contributed by atoms with E-state index < -0.39 is 0 Å². The fourth-order valence-corrected chi connectivity index (χ4v) is 2.60. The van der Waals surface area contributed by atoms with E-state index in [1.807, 2.05) is 6.92 Å². The summed E-state index contributed by atoms with van der Waals surface area (Å²) in [5.74, 6) is 1.23. The Kier molecular flexibility index (Phi) is 5.12. The summed E-state index contributed by atoms with van der Waals surface area (Å²) in [6, 6.07) is 0. The molecule has 0 aliphatic carbocycles. The second-order valence-electron chi connectivity index (χ2n) is 5.71. The van der Waals surface area contributed by atoms with Crippen LogP contribution in [0, 0.1) is 5.41 Å². The van der Waals surface area contributed by atoms with Gasteiger partial charge in [0.05, 0.1) is 6.54 Å². The van der Waals surface area contributed by atoms with Crippen molar-refractivity contribution in [2.75, 3.05) is 26.8 Å². The zero-order chi connectivity index (χ0) is 14.6. The summed E-state index contributed by atoms with van der Waals surface area (Å²) < 4.78 is 10.4. The molecule has 6 nitrogen and oxygen atoms in total. The van der Waals surface area contributed by atoms with E-state index in [4.69, 9.17) is 9.26 Å². The number of likely N-dealkylation sites (tertiary alicyclic amines) is 1. The number of ether oxygens (including phenoxy) is 1. The number of nitrogens with zero attached hydrogens (tertiary/aromatic N) is 3.